The van der Waals surface area contributed by atoms with Gasteiger partial charge in [-0.25, -0.2) is 9.59 Å². The minimum absolute atomic E-state index is 0.132. The van der Waals surface area contributed by atoms with Gasteiger partial charge in [-0.3, -0.25) is 0 Å². The van der Waals surface area contributed by atoms with Crippen molar-refractivity contribution in [2.75, 3.05) is 32.3 Å². The van der Waals surface area contributed by atoms with Gasteiger partial charge < -0.3 is 14.5 Å². The molecule has 2 amide bonds. The zero-order chi connectivity index (χ0) is 12.8. The Hall–Kier alpha value is -0.910. The van der Waals surface area contributed by atoms with Crippen LogP contribution < -0.4 is 0 Å². The summed E-state index contributed by atoms with van der Waals surface area (Å²) < 4.78 is 5.16. The molecule has 1 saturated heterocycles. The molecule has 1 heterocycles. The van der Waals surface area contributed by atoms with Gasteiger partial charge in [0.25, 0.3) is 0 Å². The van der Waals surface area contributed by atoms with E-state index in [1.54, 1.807) is 30.8 Å². The SMILES string of the molecule is CCCCOC(=O)C1CSCN1C(=O)N(C)C. The summed E-state index contributed by atoms with van der Waals surface area (Å²) in [6, 6.07) is -0.556. The number of nitrogens with zero attached hydrogens (tertiary/aromatic N) is 2. The highest BCUT2D eigenvalue weighted by molar-refractivity contribution is 7.99. The number of carbonyl (C=O) groups excluding carboxylic acids is 2. The molecule has 0 saturated carbocycles. The van der Waals surface area contributed by atoms with Crippen LogP contribution in [0.15, 0.2) is 0 Å². The van der Waals surface area contributed by atoms with Crippen LogP contribution in [0.1, 0.15) is 19.8 Å². The van der Waals surface area contributed by atoms with Crippen LogP contribution in [-0.2, 0) is 9.53 Å². The summed E-state index contributed by atoms with van der Waals surface area (Å²) >= 11 is 1.58. The lowest BCUT2D eigenvalue weighted by molar-refractivity contribution is -0.147. The molecule has 0 aromatic carbocycles. The number of carbonyl (C=O) groups is 2. The molecule has 0 aromatic rings. The summed E-state index contributed by atoms with van der Waals surface area (Å²) in [5.41, 5.74) is 0. The molecule has 0 aliphatic carbocycles. The van der Waals surface area contributed by atoms with E-state index in [9.17, 15) is 9.59 Å². The van der Waals surface area contributed by atoms with Crippen LogP contribution in [0, 0.1) is 0 Å². The van der Waals surface area contributed by atoms with E-state index in [2.05, 4.69) is 0 Å². The van der Waals surface area contributed by atoms with E-state index in [1.165, 1.54) is 4.90 Å². The van der Waals surface area contributed by atoms with Crippen molar-refractivity contribution in [3.05, 3.63) is 0 Å². The van der Waals surface area contributed by atoms with Crippen molar-refractivity contribution in [3.63, 3.8) is 0 Å². The van der Waals surface area contributed by atoms with Crippen LogP contribution >= 0.6 is 11.8 Å². The van der Waals surface area contributed by atoms with E-state index in [-0.39, 0.29) is 12.0 Å². The first kappa shape index (κ1) is 14.2. The number of ether oxygens (including phenoxy) is 1. The van der Waals surface area contributed by atoms with Gasteiger partial charge in [-0.1, -0.05) is 13.3 Å². The average Bonchev–Trinajstić information content (AvgIpc) is 2.76. The Morgan fingerprint density at radius 3 is 2.76 bits per heavy atom. The molecule has 1 aliphatic heterocycles. The molecule has 1 aliphatic rings. The Morgan fingerprint density at radius 2 is 2.18 bits per heavy atom. The van der Waals surface area contributed by atoms with E-state index in [0.29, 0.717) is 18.2 Å². The molecule has 17 heavy (non-hydrogen) atoms. The van der Waals surface area contributed by atoms with Crippen molar-refractivity contribution in [3.8, 4) is 0 Å². The second kappa shape index (κ2) is 6.74. The van der Waals surface area contributed by atoms with Gasteiger partial charge in [-0.15, -0.1) is 11.8 Å². The van der Waals surface area contributed by atoms with Crippen LogP contribution in [0.2, 0.25) is 0 Å². The topological polar surface area (TPSA) is 49.9 Å². The maximum atomic E-state index is 11.8. The Kier molecular flexibility index (Phi) is 5.61. The lowest BCUT2D eigenvalue weighted by Crippen LogP contribution is -2.47. The highest BCUT2D eigenvalue weighted by Gasteiger charge is 2.36. The first-order valence-electron chi connectivity index (χ1n) is 5.80. The predicted octanol–water partition coefficient (Wildman–Crippen LogP) is 1.39. The second-order valence-electron chi connectivity index (χ2n) is 4.18. The Labute approximate surface area is 106 Å². The number of hydrogen-bond acceptors (Lipinski definition) is 4. The lowest BCUT2D eigenvalue weighted by Gasteiger charge is -2.25. The summed E-state index contributed by atoms with van der Waals surface area (Å²) in [6.45, 7) is 2.49. The van der Waals surface area contributed by atoms with Crippen LogP contribution in [0.5, 0.6) is 0 Å². The van der Waals surface area contributed by atoms with Gasteiger partial charge in [0, 0.05) is 19.8 Å². The maximum Gasteiger partial charge on any atom is 0.329 e. The largest absolute Gasteiger partial charge is 0.464 e. The van der Waals surface area contributed by atoms with Gasteiger partial charge in [0.1, 0.15) is 6.04 Å². The molecule has 1 rings (SSSR count). The number of hydrogen-bond donors (Lipinski definition) is 0. The molecule has 1 atom stereocenters. The van der Waals surface area contributed by atoms with Crippen molar-refractivity contribution < 1.29 is 14.3 Å². The average molecular weight is 260 g/mol. The fourth-order valence-corrected chi connectivity index (χ4v) is 2.63. The van der Waals surface area contributed by atoms with Crippen molar-refractivity contribution in [1.29, 1.82) is 0 Å². The summed E-state index contributed by atoms with van der Waals surface area (Å²) in [7, 11) is 3.37. The first-order valence-corrected chi connectivity index (χ1v) is 6.95. The van der Waals surface area contributed by atoms with E-state index in [1.807, 2.05) is 6.92 Å². The number of esters is 1. The number of unbranched alkanes of at least 4 members (excludes halogenated alkanes) is 1. The van der Waals surface area contributed by atoms with Crippen LogP contribution in [0.25, 0.3) is 0 Å². The fourth-order valence-electron chi connectivity index (χ4n) is 1.50. The van der Waals surface area contributed by atoms with E-state index < -0.39 is 6.04 Å². The van der Waals surface area contributed by atoms with Crippen molar-refractivity contribution in [2.24, 2.45) is 0 Å². The third kappa shape index (κ3) is 3.80. The molecule has 0 radical (unpaired) electrons. The van der Waals surface area contributed by atoms with Gasteiger partial charge in [-0.05, 0) is 6.42 Å². The monoisotopic (exact) mass is 260 g/mol. The molecule has 0 spiro atoms. The van der Waals surface area contributed by atoms with Crippen molar-refractivity contribution in [2.45, 2.75) is 25.8 Å². The Morgan fingerprint density at radius 1 is 1.47 bits per heavy atom. The van der Waals surface area contributed by atoms with Gasteiger partial charge in [0.15, 0.2) is 0 Å². The predicted molar refractivity (Wildman–Crippen MR) is 67.9 cm³/mol. The number of rotatable bonds is 4. The van der Waals surface area contributed by atoms with E-state index in [4.69, 9.17) is 4.74 Å². The zero-order valence-corrected chi connectivity index (χ0v) is 11.5. The quantitative estimate of drug-likeness (QED) is 0.566. The molecular weight excluding hydrogens is 240 g/mol. The van der Waals surface area contributed by atoms with Gasteiger partial charge in [-0.2, -0.15) is 0 Å². The summed E-state index contributed by atoms with van der Waals surface area (Å²) in [5.74, 6) is 0.911. The van der Waals surface area contributed by atoms with Crippen LogP contribution in [0.3, 0.4) is 0 Å². The standard InChI is InChI=1S/C11H20N2O3S/c1-4-5-6-16-10(14)9-7-17-8-13(9)11(15)12(2)3/h9H,4-8H2,1-3H3. The Bertz CT molecular complexity index is 284. The number of amides is 2. The molecular formula is C11H20N2O3S. The van der Waals surface area contributed by atoms with Crippen molar-refractivity contribution in [1.82, 2.24) is 9.80 Å². The molecule has 98 valence electrons. The van der Waals surface area contributed by atoms with Crippen LogP contribution in [-0.4, -0.2) is 60.2 Å². The summed E-state index contributed by atoms with van der Waals surface area (Å²) in [5, 5.41) is 0. The summed E-state index contributed by atoms with van der Waals surface area (Å²) in [6.07, 6.45) is 1.86. The van der Waals surface area contributed by atoms with Gasteiger partial charge in [0.2, 0.25) is 0 Å². The van der Waals surface area contributed by atoms with E-state index >= 15 is 0 Å². The van der Waals surface area contributed by atoms with E-state index in [0.717, 1.165) is 12.8 Å². The van der Waals surface area contributed by atoms with Gasteiger partial charge >= 0.3 is 12.0 Å². The first-order chi connectivity index (χ1) is 8.07. The highest BCUT2D eigenvalue weighted by atomic mass is 32.2. The normalized spacial score (nSPS) is 19.2. The molecule has 0 N–H and O–H groups in total. The molecule has 6 heteroatoms. The Balaban J connectivity index is 2.51. The highest BCUT2D eigenvalue weighted by Crippen LogP contribution is 2.22. The molecule has 5 nitrogen and oxygen atoms in total. The maximum absolute atomic E-state index is 11.8. The fraction of sp³-hybridized carbons (Fsp3) is 0.818. The lowest BCUT2D eigenvalue weighted by atomic mass is 10.3. The molecule has 1 unspecified atom stereocenters. The van der Waals surface area contributed by atoms with Crippen molar-refractivity contribution >= 4 is 23.8 Å². The second-order valence-corrected chi connectivity index (χ2v) is 5.18. The minimum Gasteiger partial charge on any atom is -0.464 e. The zero-order valence-electron chi connectivity index (χ0n) is 10.6. The minimum atomic E-state index is -0.424. The molecule has 0 bridgehead atoms. The number of thioether (sulfide) groups is 1. The third-order valence-corrected chi connectivity index (χ3v) is 3.54. The van der Waals surface area contributed by atoms with Crippen LogP contribution in [0.4, 0.5) is 4.79 Å². The smallest absolute Gasteiger partial charge is 0.329 e. The van der Waals surface area contributed by atoms with Gasteiger partial charge in [0.05, 0.1) is 12.5 Å². The molecule has 0 aromatic heterocycles. The summed E-state index contributed by atoms with van der Waals surface area (Å²) in [4.78, 5) is 26.7. The molecule has 1 fully saturated rings. The third-order valence-electron chi connectivity index (χ3n) is 2.52. The number of urea groups is 1.